The Hall–Kier alpha value is -16.3. The molecule has 41 nitrogen and oxygen atoms in total. The van der Waals surface area contributed by atoms with Crippen molar-refractivity contribution in [2.45, 2.75) is 55.4 Å². The molecule has 21 N–H and O–H groups in total. The first-order valence-corrected chi connectivity index (χ1v) is 56.4. The molecule has 0 fully saturated rings. The summed E-state index contributed by atoms with van der Waals surface area (Å²) in [5.41, 5.74) is 38.3. The van der Waals surface area contributed by atoms with E-state index in [-0.39, 0.29) is 0 Å². The molecule has 0 radical (unpaired) electrons. The largest absolute Gasteiger partial charge is 0.342 e. The molecule has 0 spiro atoms. The molecule has 0 aliphatic carbocycles. The van der Waals surface area contributed by atoms with Gasteiger partial charge in [0.25, 0.3) is 0 Å². The van der Waals surface area contributed by atoms with Crippen LogP contribution in [0, 0.1) is 55.4 Å². The molecule has 0 saturated carbocycles. The van der Waals surface area contributed by atoms with E-state index in [4.69, 9.17) is 68.9 Å². The number of benzene rings is 10. The molecular weight excluding hydrogens is 2010 g/mol. The van der Waals surface area contributed by atoms with E-state index in [1.807, 2.05) is 91.1 Å². The Morgan fingerprint density at radius 3 is 0.860 bits per heavy atom. The Labute approximate surface area is 852 Å². The third-order valence-electron chi connectivity index (χ3n) is 22.3. The molecule has 0 bridgehead atoms. The number of H-pyrrole nitrogens is 11. The highest BCUT2D eigenvalue weighted by Gasteiger charge is 2.20. The normalized spacial score (nSPS) is 11.7. The summed E-state index contributed by atoms with van der Waals surface area (Å²) in [6.45, 7) is 20.1. The van der Waals surface area contributed by atoms with Crippen molar-refractivity contribution < 1.29 is 71.8 Å². The first-order chi connectivity index (χ1) is 70.9. The third kappa shape index (κ3) is 27.8. The number of aryl methyl sites for hydroxylation is 8. The van der Waals surface area contributed by atoms with Gasteiger partial charge in [0.1, 0.15) is 63.9 Å². The van der Waals surface area contributed by atoms with Crippen molar-refractivity contribution in [1.82, 2.24) is 130 Å². The zero-order chi connectivity index (χ0) is 107. The highest BCUT2D eigenvalue weighted by Crippen LogP contribution is 2.38. The maximum atomic E-state index is 9.33. The van der Waals surface area contributed by atoms with Crippen LogP contribution < -0.4 is 0 Å². The maximum Gasteiger partial charge on any atom is 0.322 e. The van der Waals surface area contributed by atoms with Crippen molar-refractivity contribution in [3.05, 3.63) is 295 Å². The van der Waals surface area contributed by atoms with Gasteiger partial charge in [0.05, 0.1) is 99.3 Å². The molecule has 0 aliphatic heterocycles. The van der Waals surface area contributed by atoms with Crippen LogP contribution in [0.1, 0.15) is 45.9 Å². The van der Waals surface area contributed by atoms with Crippen molar-refractivity contribution >= 4 is 160 Å². The lowest BCUT2D eigenvalue weighted by atomic mass is 10.0. The number of aromatic amines is 11. The van der Waals surface area contributed by atoms with Crippen LogP contribution in [0.15, 0.2) is 249 Å². The summed E-state index contributed by atoms with van der Waals surface area (Å²) in [6, 6.07) is 81.5. The van der Waals surface area contributed by atoms with Crippen LogP contribution in [0.25, 0.3) is 235 Å². The Morgan fingerprint density at radius 2 is 0.467 bits per heavy atom. The Kier molecular flexibility index (Phi) is 30.3. The molecule has 0 atom stereocenters. The van der Waals surface area contributed by atoms with E-state index < -0.39 is 38.0 Å². The SMILES string of the molecule is CP(=O)(O)O.CP(=O)(O)O.CP(=O)(O)O.CP(=O)(O)O.CP(=O)(O)O.Cc1ccc(-c2nc3cc(-c4ccc5nc(-c6ccc(-c7nc8cc(-c9ccc%10nc(C)[nH]c%10c9)ccc8[nH]7)cc6)[nH]c5c4)ccc3[nH]2)cc1.Cc1cccc(-c2nc3nc4nc(C)[nH]c4cc3[nH]2)n1.Cc1cncc(-c2nc3nc4nc(C)[nH]c4cc3[nH]2)c1.Cc1nc2ccc(-c3cccc(-c4nc5ccc(-c6ccc7nc(C)[nH]c7c6)cc5[nH]4)c3)cc2[nH]1. The lowest BCUT2D eigenvalue weighted by Crippen LogP contribution is -1.87. The Bertz CT molecular complexity index is 9170. The van der Waals surface area contributed by atoms with Crippen LogP contribution in [-0.2, 0) is 22.8 Å². The molecule has 25 aromatic rings. The average Bonchev–Trinajstić information content (AvgIpc) is 1.64. The quantitative estimate of drug-likeness (QED) is 0.0565. The molecule has 0 amide bonds. The first kappa shape index (κ1) is 105. The minimum atomic E-state index is -3.64. The van der Waals surface area contributed by atoms with Gasteiger partial charge in [-0.1, -0.05) is 121 Å². The summed E-state index contributed by atoms with van der Waals surface area (Å²) in [5, 5.41) is 0. The van der Waals surface area contributed by atoms with Crippen LogP contribution in [0.3, 0.4) is 0 Å². The fourth-order valence-corrected chi connectivity index (χ4v) is 16.2. The molecule has 15 aromatic heterocycles. The number of fused-ring (bicyclic) bond motifs is 11. The van der Waals surface area contributed by atoms with E-state index in [2.05, 4.69) is 317 Å². The molecule has 46 heteroatoms. The lowest BCUT2D eigenvalue weighted by Gasteiger charge is -2.04. The van der Waals surface area contributed by atoms with Crippen molar-refractivity contribution in [3.63, 3.8) is 0 Å². The smallest absolute Gasteiger partial charge is 0.322 e. The number of rotatable bonds is 10. The second kappa shape index (κ2) is 43.3. The van der Waals surface area contributed by atoms with Crippen molar-refractivity contribution in [3.8, 4) is 113 Å². The number of nitrogens with one attached hydrogen (secondary N) is 11. The van der Waals surface area contributed by atoms with Gasteiger partial charge >= 0.3 is 38.0 Å². The standard InChI is InChI=1S/C42H30N8.C29H22N6.2C14H12N6.5CH5O3P/c1-23-3-5-25(6-4-23)40-45-33-17-13-30(21-37(33)48-40)31-14-18-35-39(22-31)50-42(47-35)27-9-7-26(8-10-27)41-46-34-16-12-29(20-38(34)49-41)28-11-15-32-36(19-28)44-24(2)43-32;1-16-30-23-9-6-19(13-26(23)32-16)18-4-3-5-22(12-18)29-34-25-11-8-21(15-28(25)35-29)20-7-10-24-27(14-20)33-17(2)31-24;1-7-3-9(6-15-5-7)12-18-11-4-10-13(17-8(2)16-10)20-14(11)19-12;1-7-4-3-5-9(15-7)12-18-11-6-10-13(17-8(2)16-10)20-14(11)19-12;5*1-5(2,3)4/h3-22H,1-2H3,(H,43,44)(H,45,48)(H,46,49)(H,47,50);3-15H,1-2H3,(H,30,32)(H,31,33)(H,34,35);2*3-6H,1-2H3,(H2,16,17,18,19,20);5*1H3,(H2,2,3,4). The summed E-state index contributed by atoms with van der Waals surface area (Å²) >= 11 is 0. The highest BCUT2D eigenvalue weighted by molar-refractivity contribution is 7.51. The van der Waals surface area contributed by atoms with Crippen LogP contribution >= 0.6 is 38.0 Å². The van der Waals surface area contributed by atoms with E-state index in [1.54, 1.807) is 6.20 Å². The van der Waals surface area contributed by atoms with Gasteiger partial charge in [-0.15, -0.1) is 0 Å². The lowest BCUT2D eigenvalue weighted by molar-refractivity contribution is 0.379. The summed E-state index contributed by atoms with van der Waals surface area (Å²) in [6.07, 6.45) is 3.61. The number of nitrogens with zero attached hydrogens (tertiary/aromatic N) is 15. The number of hydrogen-bond acceptors (Lipinski definition) is 20. The fraction of sp³-hybridized carbons (Fsp3) is 0.125. The summed E-state index contributed by atoms with van der Waals surface area (Å²) in [4.78, 5) is 182. The Morgan fingerprint density at radius 1 is 0.193 bits per heavy atom. The van der Waals surface area contributed by atoms with Crippen LogP contribution in [-0.4, -0.2) is 212 Å². The monoisotopic (exact) mass is 2110 g/mol. The molecule has 25 rings (SSSR count). The minimum absolute atomic E-state index is 0.655. The molecule has 0 aliphatic rings. The van der Waals surface area contributed by atoms with Gasteiger partial charge in [-0.05, 0) is 227 Å². The third-order valence-corrected chi connectivity index (χ3v) is 22.3. The molecule has 762 valence electrons. The minimum Gasteiger partial charge on any atom is -0.342 e. The van der Waals surface area contributed by atoms with Crippen LogP contribution in [0.2, 0.25) is 0 Å². The van der Waals surface area contributed by atoms with Gasteiger partial charge in [0, 0.05) is 79.2 Å². The molecule has 0 unspecified atom stereocenters. The highest BCUT2D eigenvalue weighted by atomic mass is 31.2. The second-order valence-corrected chi connectivity index (χ2v) is 44.2. The van der Waals surface area contributed by atoms with Gasteiger partial charge < -0.3 is 104 Å². The van der Waals surface area contributed by atoms with Gasteiger partial charge in [0.15, 0.2) is 28.4 Å². The number of imidazole rings is 11. The summed E-state index contributed by atoms with van der Waals surface area (Å²) in [7, 11) is -18.2. The zero-order valence-electron chi connectivity index (χ0n) is 82.6. The van der Waals surface area contributed by atoms with E-state index in [0.717, 1.165) is 286 Å². The van der Waals surface area contributed by atoms with Crippen molar-refractivity contribution in [2.75, 3.05) is 33.3 Å². The van der Waals surface area contributed by atoms with E-state index >= 15 is 0 Å². The van der Waals surface area contributed by atoms with E-state index in [0.29, 0.717) is 22.6 Å². The molecule has 0 saturated heterocycles. The summed E-state index contributed by atoms with van der Waals surface area (Å²) < 4.78 is 46.6. The van der Waals surface area contributed by atoms with Gasteiger partial charge in [-0.2, -0.15) is 0 Å². The fourth-order valence-electron chi connectivity index (χ4n) is 16.2. The number of pyridine rings is 4. The zero-order valence-corrected chi connectivity index (χ0v) is 87.1. The molecule has 10 aromatic carbocycles. The average molecular weight is 2110 g/mol. The molecule has 15 heterocycles. The predicted molar refractivity (Wildman–Crippen MR) is 585 cm³/mol. The van der Waals surface area contributed by atoms with Crippen LogP contribution in [0.5, 0.6) is 0 Å². The molecule has 150 heavy (non-hydrogen) atoms. The van der Waals surface area contributed by atoms with Crippen LogP contribution in [0.4, 0.5) is 0 Å². The second-order valence-electron chi connectivity index (χ2n) is 35.8. The Balaban J connectivity index is 0.000000133. The number of aromatic nitrogens is 26. The van der Waals surface area contributed by atoms with E-state index in [9.17, 15) is 22.8 Å². The predicted octanol–water partition coefficient (Wildman–Crippen LogP) is 21.1. The van der Waals surface area contributed by atoms with Gasteiger partial charge in [0.2, 0.25) is 0 Å². The van der Waals surface area contributed by atoms with E-state index in [1.165, 1.54) is 5.56 Å². The van der Waals surface area contributed by atoms with Crippen molar-refractivity contribution in [1.29, 1.82) is 0 Å². The molecular formula is C104H101N26O15P5. The first-order valence-electron chi connectivity index (χ1n) is 46.1. The van der Waals surface area contributed by atoms with Gasteiger partial charge in [-0.3, -0.25) is 27.8 Å². The number of hydrogen-bond donors (Lipinski definition) is 21. The van der Waals surface area contributed by atoms with Gasteiger partial charge in [-0.25, -0.2) is 69.8 Å². The summed E-state index contributed by atoms with van der Waals surface area (Å²) in [5.74, 6) is 9.35. The topological polar surface area (TPSA) is 655 Å². The maximum absolute atomic E-state index is 9.33. The van der Waals surface area contributed by atoms with Crippen molar-refractivity contribution in [2.24, 2.45) is 0 Å².